The summed E-state index contributed by atoms with van der Waals surface area (Å²) in [5.41, 5.74) is 9.82. The summed E-state index contributed by atoms with van der Waals surface area (Å²) in [5, 5.41) is 9.93. The minimum Gasteiger partial charge on any atom is -0.450 e. The molecule has 184 valence electrons. The fraction of sp³-hybridized carbons (Fsp3) is 0.308. The molecule has 0 bridgehead atoms. The van der Waals surface area contributed by atoms with E-state index in [1.807, 2.05) is 55.5 Å². The van der Waals surface area contributed by atoms with Crippen LogP contribution in [0.1, 0.15) is 12.5 Å². The van der Waals surface area contributed by atoms with Gasteiger partial charge in [0.25, 0.3) is 5.91 Å². The smallest absolute Gasteiger partial charge is 0.409 e. The number of carbonyl (C=O) groups excluding carboxylic acids is 2. The molecule has 0 aromatic heterocycles. The van der Waals surface area contributed by atoms with Crippen LogP contribution in [-0.2, 0) is 16.1 Å². The standard InChI is InChI=1S/C26H32N6O3/c1-2-35-26(34)32-14-12-31(13-15-32)21-10-8-20(9-11-21)30-24-16-23(22(18-29-24)25(27)33)28-17-19-6-4-3-5-7-19/h3-11,16,18,24,28-30H,2,12-15,17H2,1H3,(H2,27,33). The number of nitrogens with two attached hydrogens (primary N) is 1. The van der Waals surface area contributed by atoms with Crippen LogP contribution in [0.4, 0.5) is 16.2 Å². The molecule has 2 aromatic rings. The average molecular weight is 477 g/mol. The molecule has 2 heterocycles. The van der Waals surface area contributed by atoms with Crippen molar-refractivity contribution in [2.75, 3.05) is 43.0 Å². The molecule has 0 aliphatic carbocycles. The Kier molecular flexibility index (Phi) is 7.77. The predicted molar refractivity (Wildman–Crippen MR) is 136 cm³/mol. The number of nitrogens with zero attached hydrogens (tertiary/aromatic N) is 2. The highest BCUT2D eigenvalue weighted by molar-refractivity contribution is 5.96. The largest absolute Gasteiger partial charge is 0.450 e. The number of carbonyl (C=O) groups is 2. The van der Waals surface area contributed by atoms with Gasteiger partial charge in [-0.25, -0.2) is 4.79 Å². The first-order valence-corrected chi connectivity index (χ1v) is 11.8. The minimum absolute atomic E-state index is 0.213. The molecule has 35 heavy (non-hydrogen) atoms. The van der Waals surface area contributed by atoms with Crippen LogP contribution in [0.2, 0.25) is 0 Å². The first-order valence-electron chi connectivity index (χ1n) is 11.8. The van der Waals surface area contributed by atoms with Crippen molar-refractivity contribution in [3.63, 3.8) is 0 Å². The van der Waals surface area contributed by atoms with Crippen LogP contribution in [-0.4, -0.2) is 55.9 Å². The molecule has 1 unspecified atom stereocenters. The summed E-state index contributed by atoms with van der Waals surface area (Å²) in [6, 6.07) is 18.1. The molecule has 2 aliphatic rings. The lowest BCUT2D eigenvalue weighted by atomic mass is 10.1. The molecule has 0 spiro atoms. The van der Waals surface area contributed by atoms with Crippen molar-refractivity contribution in [3.8, 4) is 0 Å². The third kappa shape index (κ3) is 6.26. The average Bonchev–Trinajstić information content (AvgIpc) is 2.89. The summed E-state index contributed by atoms with van der Waals surface area (Å²) >= 11 is 0. The molecule has 1 fully saturated rings. The van der Waals surface area contributed by atoms with Crippen LogP contribution in [0, 0.1) is 0 Å². The number of anilines is 2. The second kappa shape index (κ2) is 11.3. The Morgan fingerprint density at radius 2 is 1.77 bits per heavy atom. The van der Waals surface area contributed by atoms with E-state index in [0.717, 1.165) is 30.0 Å². The molecule has 4 rings (SSSR count). The molecule has 0 saturated carbocycles. The number of amides is 2. The van der Waals surface area contributed by atoms with Gasteiger partial charge in [0.15, 0.2) is 0 Å². The Morgan fingerprint density at radius 1 is 1.06 bits per heavy atom. The third-order valence-corrected chi connectivity index (χ3v) is 5.98. The van der Waals surface area contributed by atoms with Crippen LogP contribution in [0.25, 0.3) is 0 Å². The number of dihydropyridines is 1. The molecule has 2 aliphatic heterocycles. The van der Waals surface area contributed by atoms with E-state index >= 15 is 0 Å². The van der Waals surface area contributed by atoms with Crippen LogP contribution in [0.5, 0.6) is 0 Å². The maximum atomic E-state index is 11.9. The molecule has 9 nitrogen and oxygen atoms in total. The summed E-state index contributed by atoms with van der Waals surface area (Å²) in [7, 11) is 0. The zero-order valence-electron chi connectivity index (χ0n) is 19.9. The van der Waals surface area contributed by atoms with Crippen LogP contribution in [0.15, 0.2) is 78.1 Å². The van der Waals surface area contributed by atoms with E-state index in [2.05, 4.69) is 33.0 Å². The second-order valence-electron chi connectivity index (χ2n) is 8.35. The molecule has 5 N–H and O–H groups in total. The molecule has 0 radical (unpaired) electrons. The van der Waals surface area contributed by atoms with Crippen molar-refractivity contribution >= 4 is 23.4 Å². The number of ether oxygens (including phenoxy) is 1. The molecule has 1 atom stereocenters. The summed E-state index contributed by atoms with van der Waals surface area (Å²) < 4.78 is 5.09. The van der Waals surface area contributed by atoms with Crippen molar-refractivity contribution < 1.29 is 14.3 Å². The van der Waals surface area contributed by atoms with Gasteiger partial charge in [-0.3, -0.25) is 4.79 Å². The normalized spacial score (nSPS) is 17.6. The molecular weight excluding hydrogens is 444 g/mol. The van der Waals surface area contributed by atoms with E-state index in [9.17, 15) is 9.59 Å². The van der Waals surface area contributed by atoms with Crippen molar-refractivity contribution in [2.24, 2.45) is 5.73 Å². The van der Waals surface area contributed by atoms with Crippen LogP contribution < -0.4 is 26.6 Å². The number of primary amides is 1. The van der Waals surface area contributed by atoms with Gasteiger partial charge in [0, 0.05) is 56.0 Å². The van der Waals surface area contributed by atoms with Gasteiger partial charge in [0.2, 0.25) is 0 Å². The number of piperazine rings is 1. The maximum absolute atomic E-state index is 11.9. The Bertz CT molecular complexity index is 1080. The zero-order chi connectivity index (χ0) is 24.6. The summed E-state index contributed by atoms with van der Waals surface area (Å²) in [5.74, 6) is -0.491. The van der Waals surface area contributed by atoms with Gasteiger partial charge in [-0.15, -0.1) is 0 Å². The maximum Gasteiger partial charge on any atom is 0.409 e. The van der Waals surface area contributed by atoms with Crippen molar-refractivity contribution in [2.45, 2.75) is 19.6 Å². The number of rotatable bonds is 8. The lowest BCUT2D eigenvalue weighted by molar-refractivity contribution is -0.114. The van der Waals surface area contributed by atoms with Gasteiger partial charge < -0.3 is 36.2 Å². The van der Waals surface area contributed by atoms with Gasteiger partial charge in [0.1, 0.15) is 6.17 Å². The highest BCUT2D eigenvalue weighted by atomic mass is 16.6. The number of nitrogens with one attached hydrogen (secondary N) is 3. The van der Waals surface area contributed by atoms with Gasteiger partial charge in [-0.1, -0.05) is 30.3 Å². The Labute approximate surface area is 205 Å². The van der Waals surface area contributed by atoms with Crippen LogP contribution >= 0.6 is 0 Å². The highest BCUT2D eigenvalue weighted by Gasteiger charge is 2.22. The Balaban J connectivity index is 1.35. The zero-order valence-corrected chi connectivity index (χ0v) is 19.9. The van der Waals surface area contributed by atoms with Crippen molar-refractivity contribution in [3.05, 3.63) is 83.7 Å². The predicted octanol–water partition coefficient (Wildman–Crippen LogP) is 2.35. The van der Waals surface area contributed by atoms with E-state index in [1.54, 1.807) is 11.1 Å². The summed E-state index contributed by atoms with van der Waals surface area (Å²) in [4.78, 5) is 27.8. The van der Waals surface area contributed by atoms with Gasteiger partial charge >= 0.3 is 6.09 Å². The monoisotopic (exact) mass is 476 g/mol. The number of hydrogen-bond donors (Lipinski definition) is 4. The first-order chi connectivity index (χ1) is 17.0. The highest BCUT2D eigenvalue weighted by Crippen LogP contribution is 2.21. The van der Waals surface area contributed by atoms with E-state index in [-0.39, 0.29) is 12.3 Å². The quantitative estimate of drug-likeness (QED) is 0.463. The first kappa shape index (κ1) is 24.0. The lowest BCUT2D eigenvalue weighted by Crippen LogP contribution is -2.49. The molecule has 1 saturated heterocycles. The topological polar surface area (TPSA) is 112 Å². The van der Waals surface area contributed by atoms with Crippen LogP contribution in [0.3, 0.4) is 0 Å². The van der Waals surface area contributed by atoms with Gasteiger partial charge in [-0.05, 0) is 42.8 Å². The van der Waals surface area contributed by atoms with Gasteiger partial charge in [-0.2, -0.15) is 0 Å². The fourth-order valence-corrected chi connectivity index (χ4v) is 4.10. The Morgan fingerprint density at radius 3 is 2.43 bits per heavy atom. The van der Waals surface area contributed by atoms with E-state index < -0.39 is 5.91 Å². The number of hydrogen-bond acceptors (Lipinski definition) is 7. The summed E-state index contributed by atoms with van der Waals surface area (Å²) in [6.45, 7) is 5.60. The molecule has 9 heteroatoms. The molecule has 2 aromatic carbocycles. The lowest BCUT2D eigenvalue weighted by Gasteiger charge is -2.35. The van der Waals surface area contributed by atoms with E-state index in [1.165, 1.54) is 0 Å². The van der Waals surface area contributed by atoms with E-state index in [0.29, 0.717) is 37.5 Å². The van der Waals surface area contributed by atoms with Crippen molar-refractivity contribution in [1.82, 2.24) is 15.5 Å². The summed E-state index contributed by atoms with van der Waals surface area (Å²) in [6.07, 6.45) is 3.11. The van der Waals surface area contributed by atoms with E-state index in [4.69, 9.17) is 10.5 Å². The van der Waals surface area contributed by atoms with Crippen molar-refractivity contribution in [1.29, 1.82) is 0 Å². The third-order valence-electron chi connectivity index (χ3n) is 5.98. The molecular formula is C26H32N6O3. The minimum atomic E-state index is -0.491. The molecule has 2 amide bonds. The fourth-order valence-electron chi connectivity index (χ4n) is 4.10. The SMILES string of the molecule is CCOC(=O)N1CCN(c2ccc(NC3C=C(NCc4ccccc4)C(C(N)=O)=CN3)cc2)CC1. The van der Waals surface area contributed by atoms with Gasteiger partial charge in [0.05, 0.1) is 12.2 Å². The second-order valence-corrected chi connectivity index (χ2v) is 8.35. The Hall–Kier alpha value is -4.14. The number of benzene rings is 2.